The lowest BCUT2D eigenvalue weighted by Gasteiger charge is -2.05. The normalized spacial score (nSPS) is 11.7. The van der Waals surface area contributed by atoms with Crippen molar-refractivity contribution < 1.29 is 14.6 Å². The van der Waals surface area contributed by atoms with Gasteiger partial charge in [-0.2, -0.15) is 0 Å². The number of carbonyl (C=O) groups excluding carboxylic acids is 1. The maximum atomic E-state index is 11.6. The van der Waals surface area contributed by atoms with Gasteiger partial charge in [0.2, 0.25) is 0 Å². The highest BCUT2D eigenvalue weighted by molar-refractivity contribution is 8.04. The van der Waals surface area contributed by atoms with Gasteiger partial charge >= 0.3 is 5.97 Å². The number of thioether (sulfide) groups is 1. The van der Waals surface area contributed by atoms with Crippen molar-refractivity contribution in [3.63, 3.8) is 0 Å². The van der Waals surface area contributed by atoms with Gasteiger partial charge in [0.25, 0.3) is 0 Å². The number of ether oxygens (including phenoxy) is 1. The first kappa shape index (κ1) is 13.4. The molecule has 1 aromatic rings. The van der Waals surface area contributed by atoms with Gasteiger partial charge in [-0.25, -0.2) is 4.79 Å². The second kappa shape index (κ2) is 7.57. The predicted octanol–water partition coefficient (Wildman–Crippen LogP) is 3.30. The molecular weight excluding hydrogens is 236 g/mol. The topological polar surface area (TPSA) is 46.5 Å². The molecule has 0 saturated heterocycles. The number of aliphatic hydroxyl groups excluding tert-OH is 1. The molecule has 0 fully saturated rings. The van der Waals surface area contributed by atoms with Crippen molar-refractivity contribution in [3.05, 3.63) is 53.7 Å². The van der Waals surface area contributed by atoms with E-state index in [1.54, 1.807) is 6.92 Å². The molecule has 0 unspecified atom stereocenters. The summed E-state index contributed by atoms with van der Waals surface area (Å²) in [6.07, 6.45) is 3.79. The molecule has 3 nitrogen and oxygen atoms in total. The Hall–Kier alpha value is -1.68. The Morgan fingerprint density at radius 1 is 1.41 bits per heavy atom. The van der Waals surface area contributed by atoms with Gasteiger partial charge in [0.1, 0.15) is 0 Å². The predicted molar refractivity (Wildman–Crippen MR) is 68.8 cm³/mol. The minimum Gasteiger partial charge on any atom is -0.516 e. The zero-order chi connectivity index (χ0) is 12.5. The van der Waals surface area contributed by atoms with Crippen molar-refractivity contribution in [1.29, 1.82) is 0 Å². The summed E-state index contributed by atoms with van der Waals surface area (Å²) < 4.78 is 4.93. The van der Waals surface area contributed by atoms with Crippen molar-refractivity contribution in [2.45, 2.75) is 11.8 Å². The molecule has 90 valence electrons. The molecule has 4 heteroatoms. The SMILES string of the molecule is CCOC(=O)C(=CC=CO)Sc1ccccc1. The summed E-state index contributed by atoms with van der Waals surface area (Å²) >= 11 is 1.30. The molecule has 0 heterocycles. The number of hydrogen-bond acceptors (Lipinski definition) is 4. The smallest absolute Gasteiger partial charge is 0.344 e. The maximum absolute atomic E-state index is 11.6. The third-order valence-electron chi connectivity index (χ3n) is 1.78. The van der Waals surface area contributed by atoms with E-state index < -0.39 is 0 Å². The van der Waals surface area contributed by atoms with Gasteiger partial charge in [-0.15, -0.1) is 0 Å². The van der Waals surface area contributed by atoms with Crippen molar-refractivity contribution in [2.75, 3.05) is 6.61 Å². The highest BCUT2D eigenvalue weighted by atomic mass is 32.2. The first-order valence-corrected chi connectivity index (χ1v) is 6.00. The van der Waals surface area contributed by atoms with Crippen LogP contribution in [-0.2, 0) is 9.53 Å². The van der Waals surface area contributed by atoms with Gasteiger partial charge in [-0.1, -0.05) is 30.0 Å². The lowest BCUT2D eigenvalue weighted by atomic mass is 10.4. The summed E-state index contributed by atoms with van der Waals surface area (Å²) in [5.74, 6) is -0.389. The Morgan fingerprint density at radius 2 is 2.12 bits per heavy atom. The van der Waals surface area contributed by atoms with E-state index in [0.29, 0.717) is 11.5 Å². The molecular formula is C13H14O3S. The van der Waals surface area contributed by atoms with Crippen molar-refractivity contribution in [2.24, 2.45) is 0 Å². The number of aliphatic hydroxyl groups is 1. The molecule has 0 bridgehead atoms. The van der Waals surface area contributed by atoms with Crippen LogP contribution >= 0.6 is 11.8 Å². The van der Waals surface area contributed by atoms with E-state index in [4.69, 9.17) is 9.84 Å². The largest absolute Gasteiger partial charge is 0.516 e. The van der Waals surface area contributed by atoms with E-state index in [-0.39, 0.29) is 5.97 Å². The average molecular weight is 250 g/mol. The molecule has 0 saturated carbocycles. The molecule has 1 aromatic carbocycles. The van der Waals surface area contributed by atoms with E-state index in [0.717, 1.165) is 11.2 Å². The van der Waals surface area contributed by atoms with Crippen LogP contribution in [0.5, 0.6) is 0 Å². The Balaban J connectivity index is 2.81. The standard InChI is InChI=1S/C13H14O3S/c1-2-16-13(15)12(9-6-10-14)17-11-7-4-3-5-8-11/h3-10,14H,2H2,1H3. The number of benzene rings is 1. The molecule has 0 aliphatic carbocycles. The summed E-state index contributed by atoms with van der Waals surface area (Å²) in [5.41, 5.74) is 0. The molecule has 1 N–H and O–H groups in total. The number of rotatable bonds is 5. The number of carbonyl (C=O) groups is 1. The van der Waals surface area contributed by atoms with Gasteiger partial charge in [0.15, 0.2) is 0 Å². The Bertz CT molecular complexity index is 410. The van der Waals surface area contributed by atoms with Crippen LogP contribution in [0.15, 0.2) is 58.5 Å². The summed E-state index contributed by atoms with van der Waals surface area (Å²) in [5, 5.41) is 8.61. The molecule has 0 atom stereocenters. The van der Waals surface area contributed by atoms with E-state index in [1.165, 1.54) is 23.9 Å². The van der Waals surface area contributed by atoms with Crippen LogP contribution in [0.4, 0.5) is 0 Å². The van der Waals surface area contributed by atoms with E-state index in [1.807, 2.05) is 30.3 Å². The molecule has 0 aliphatic rings. The van der Waals surface area contributed by atoms with E-state index in [9.17, 15) is 4.79 Å². The minimum absolute atomic E-state index is 0.328. The summed E-state index contributed by atoms with van der Waals surface area (Å²) in [4.78, 5) is 13.0. The average Bonchev–Trinajstić information content (AvgIpc) is 2.36. The molecule has 1 rings (SSSR count). The molecule has 0 radical (unpaired) electrons. The third kappa shape index (κ3) is 4.78. The van der Waals surface area contributed by atoms with Crippen LogP contribution in [0, 0.1) is 0 Å². The second-order valence-electron chi connectivity index (χ2n) is 3.01. The van der Waals surface area contributed by atoms with Gasteiger partial charge in [-0.3, -0.25) is 0 Å². The van der Waals surface area contributed by atoms with Crippen LogP contribution in [0.3, 0.4) is 0 Å². The maximum Gasteiger partial charge on any atom is 0.344 e. The zero-order valence-electron chi connectivity index (χ0n) is 9.50. The van der Waals surface area contributed by atoms with Gasteiger partial charge in [0, 0.05) is 4.90 Å². The van der Waals surface area contributed by atoms with Crippen molar-refractivity contribution >= 4 is 17.7 Å². The fourth-order valence-corrected chi connectivity index (χ4v) is 1.93. The Labute approximate surface area is 105 Å². The van der Waals surface area contributed by atoms with Gasteiger partial charge in [-0.05, 0) is 31.2 Å². The Morgan fingerprint density at radius 3 is 2.71 bits per heavy atom. The van der Waals surface area contributed by atoms with Crippen molar-refractivity contribution in [1.82, 2.24) is 0 Å². The molecule has 0 spiro atoms. The summed E-state index contributed by atoms with van der Waals surface area (Å²) in [6.45, 7) is 2.08. The van der Waals surface area contributed by atoms with Crippen LogP contribution in [0.25, 0.3) is 0 Å². The monoisotopic (exact) mass is 250 g/mol. The molecule has 0 aromatic heterocycles. The van der Waals surface area contributed by atoms with Crippen LogP contribution in [0.2, 0.25) is 0 Å². The van der Waals surface area contributed by atoms with Crippen LogP contribution in [0.1, 0.15) is 6.92 Å². The minimum atomic E-state index is -0.389. The summed E-state index contributed by atoms with van der Waals surface area (Å²) in [6, 6.07) is 9.51. The van der Waals surface area contributed by atoms with E-state index >= 15 is 0 Å². The molecule has 0 aliphatic heterocycles. The lowest BCUT2D eigenvalue weighted by Crippen LogP contribution is -2.05. The van der Waals surface area contributed by atoms with Crippen LogP contribution in [-0.4, -0.2) is 17.7 Å². The first-order chi connectivity index (χ1) is 8.27. The molecule has 17 heavy (non-hydrogen) atoms. The van der Waals surface area contributed by atoms with Crippen molar-refractivity contribution in [3.8, 4) is 0 Å². The quantitative estimate of drug-likeness (QED) is 0.286. The number of esters is 1. The van der Waals surface area contributed by atoms with Gasteiger partial charge in [0.05, 0.1) is 17.8 Å². The van der Waals surface area contributed by atoms with Gasteiger partial charge < -0.3 is 9.84 Å². The highest BCUT2D eigenvalue weighted by Crippen LogP contribution is 2.27. The molecule has 0 amide bonds. The fraction of sp³-hybridized carbons (Fsp3) is 0.154. The lowest BCUT2D eigenvalue weighted by molar-refractivity contribution is -0.137. The van der Waals surface area contributed by atoms with Crippen LogP contribution < -0.4 is 0 Å². The first-order valence-electron chi connectivity index (χ1n) is 5.19. The number of hydrogen-bond donors (Lipinski definition) is 1. The fourth-order valence-electron chi connectivity index (χ4n) is 1.09. The second-order valence-corrected chi connectivity index (χ2v) is 4.12. The number of allylic oxidation sites excluding steroid dienone is 2. The zero-order valence-corrected chi connectivity index (χ0v) is 10.3. The highest BCUT2D eigenvalue weighted by Gasteiger charge is 2.11. The summed E-state index contributed by atoms with van der Waals surface area (Å²) in [7, 11) is 0. The Kier molecular flexibility index (Phi) is 5.96. The third-order valence-corrected chi connectivity index (χ3v) is 2.81. The van der Waals surface area contributed by atoms with E-state index in [2.05, 4.69) is 0 Å².